The Hall–Kier alpha value is -6.71. The summed E-state index contributed by atoms with van der Waals surface area (Å²) in [6.45, 7) is 0.967. The summed E-state index contributed by atoms with van der Waals surface area (Å²) in [5.41, 5.74) is 7.63. The smallest absolute Gasteiger partial charge is 0.326 e. The Bertz CT molecular complexity index is 2600. The van der Waals surface area contributed by atoms with Crippen molar-refractivity contribution in [3.8, 4) is 28.7 Å². The number of nitrogens with one attached hydrogen (secondary N) is 2. The number of hydrogen-bond donors (Lipinski definition) is 3. The van der Waals surface area contributed by atoms with E-state index >= 15 is 0 Å². The number of ether oxygens (including phenoxy) is 2. The minimum absolute atomic E-state index is 0.0742. The molecule has 60 heavy (non-hydrogen) atoms. The number of amides is 2. The first-order valence-corrected chi connectivity index (χ1v) is 19.9. The van der Waals surface area contributed by atoms with Gasteiger partial charge in [0.2, 0.25) is 12.0 Å². The van der Waals surface area contributed by atoms with Gasteiger partial charge in [0.05, 0.1) is 39.1 Å². The zero-order valence-corrected chi connectivity index (χ0v) is 33.5. The predicted octanol–water partition coefficient (Wildman–Crippen LogP) is 8.32. The van der Waals surface area contributed by atoms with E-state index in [9.17, 15) is 19.5 Å². The maximum absolute atomic E-state index is 14.1. The van der Waals surface area contributed by atoms with Gasteiger partial charge in [-0.3, -0.25) is 19.5 Å². The lowest BCUT2D eigenvalue weighted by atomic mass is 9.91. The molecule has 3 heterocycles. The Morgan fingerprint density at radius 3 is 2.33 bits per heavy atom. The van der Waals surface area contributed by atoms with Crippen LogP contribution in [0.2, 0.25) is 10.0 Å². The summed E-state index contributed by atoms with van der Waals surface area (Å²) in [5, 5.41) is 26.1. The number of pyridine rings is 1. The Morgan fingerprint density at radius 2 is 1.65 bits per heavy atom. The molecular weight excluding hydrogens is 801 g/mol. The maximum atomic E-state index is 14.1. The summed E-state index contributed by atoms with van der Waals surface area (Å²) in [4.78, 5) is 46.6. The van der Waals surface area contributed by atoms with Gasteiger partial charge in [-0.15, -0.1) is 0 Å². The van der Waals surface area contributed by atoms with Gasteiger partial charge in [-0.25, -0.2) is 4.79 Å². The molecule has 13 heteroatoms. The van der Waals surface area contributed by atoms with E-state index in [2.05, 4.69) is 21.7 Å². The monoisotopic (exact) mass is 837 g/mol. The Kier molecular flexibility index (Phi) is 11.8. The highest BCUT2D eigenvalue weighted by Crippen LogP contribution is 2.40. The van der Waals surface area contributed by atoms with E-state index in [0.717, 1.165) is 39.1 Å². The largest absolute Gasteiger partial charge is 0.489 e. The quantitative estimate of drug-likeness (QED) is 0.110. The lowest BCUT2D eigenvalue weighted by Gasteiger charge is -2.37. The molecule has 2 aliphatic rings. The van der Waals surface area contributed by atoms with Gasteiger partial charge >= 0.3 is 5.97 Å². The summed E-state index contributed by atoms with van der Waals surface area (Å²) in [5.74, 6) is -0.828. The molecule has 6 aromatic rings. The molecule has 0 radical (unpaired) electrons. The lowest BCUT2D eigenvalue weighted by molar-refractivity contribution is -0.142. The second-order valence-electron chi connectivity index (χ2n) is 14.6. The van der Waals surface area contributed by atoms with E-state index in [1.807, 2.05) is 77.7 Å². The van der Waals surface area contributed by atoms with Crippen LogP contribution >= 0.6 is 23.2 Å². The Morgan fingerprint density at radius 1 is 0.917 bits per heavy atom. The Balaban J connectivity index is 0.972. The minimum atomic E-state index is -1.19. The number of rotatable bonds is 12. The third-order valence-electron chi connectivity index (χ3n) is 10.6. The summed E-state index contributed by atoms with van der Waals surface area (Å²) < 4.78 is 12.2. The van der Waals surface area contributed by atoms with Crippen LogP contribution in [0.15, 0.2) is 128 Å². The molecule has 2 aliphatic heterocycles. The van der Waals surface area contributed by atoms with Crippen LogP contribution in [0.5, 0.6) is 11.5 Å². The minimum Gasteiger partial charge on any atom is -0.489 e. The topological polar surface area (TPSA) is 154 Å². The van der Waals surface area contributed by atoms with E-state index in [-0.39, 0.29) is 25.4 Å². The van der Waals surface area contributed by atoms with Crippen molar-refractivity contribution in [3.63, 3.8) is 0 Å². The fourth-order valence-corrected chi connectivity index (χ4v) is 7.72. The average Bonchev–Trinajstić information content (AvgIpc) is 3.26. The molecule has 0 saturated carbocycles. The van der Waals surface area contributed by atoms with Crippen LogP contribution < -0.4 is 20.1 Å². The van der Waals surface area contributed by atoms with Crippen molar-refractivity contribution in [1.29, 1.82) is 5.26 Å². The third kappa shape index (κ3) is 9.12. The number of carboxylic acid groups (broad SMARTS) is 1. The van der Waals surface area contributed by atoms with Crippen LogP contribution in [0.1, 0.15) is 45.2 Å². The number of nitriles is 1. The van der Waals surface area contributed by atoms with E-state index < -0.39 is 30.1 Å². The number of carboxylic acids is 1. The Labute approximate surface area is 356 Å². The molecule has 5 aromatic carbocycles. The number of benzene rings is 5. The number of carbonyl (C=O) groups excluding carboxylic acids is 2. The van der Waals surface area contributed by atoms with Gasteiger partial charge in [-0.05, 0) is 100 Å². The summed E-state index contributed by atoms with van der Waals surface area (Å²) in [7, 11) is 0. The molecule has 0 bridgehead atoms. The molecule has 0 spiro atoms. The fraction of sp³-hybridized carbons (Fsp3) is 0.170. The number of aliphatic carboxylic acids is 1. The zero-order valence-electron chi connectivity index (χ0n) is 32.0. The summed E-state index contributed by atoms with van der Waals surface area (Å²) >= 11 is 12.2. The van der Waals surface area contributed by atoms with Crippen LogP contribution in [-0.2, 0) is 46.9 Å². The first-order valence-electron chi connectivity index (χ1n) is 19.2. The molecule has 8 rings (SSSR count). The average molecular weight is 839 g/mol. The van der Waals surface area contributed by atoms with Crippen molar-refractivity contribution in [2.75, 3.05) is 5.32 Å². The second-order valence-corrected chi connectivity index (χ2v) is 15.5. The van der Waals surface area contributed by atoms with Gasteiger partial charge in [-0.1, -0.05) is 83.9 Å². The highest BCUT2D eigenvalue weighted by Gasteiger charge is 2.37. The van der Waals surface area contributed by atoms with Gasteiger partial charge in [-0.2, -0.15) is 5.26 Å². The highest BCUT2D eigenvalue weighted by molar-refractivity contribution is 6.42. The second kappa shape index (κ2) is 17.6. The van der Waals surface area contributed by atoms with Gasteiger partial charge in [0.25, 0.3) is 5.91 Å². The molecule has 300 valence electrons. The van der Waals surface area contributed by atoms with Gasteiger partial charge in [0, 0.05) is 31.3 Å². The number of anilines is 1. The molecule has 1 aromatic heterocycles. The van der Waals surface area contributed by atoms with Crippen molar-refractivity contribution >= 4 is 46.7 Å². The SMILES string of the molecule is N#Cc1ccc(-c2ccc(C[C@H](NC(=O)C3Cc4cc5c(cc4CN3Cc3ccccn3)O[C@@H](c3ccc(OCc4ccc(Cl)c(Cl)c4)cc3)C(=O)N5)C(=O)O)cc2)cc1. The van der Waals surface area contributed by atoms with E-state index in [0.29, 0.717) is 51.4 Å². The van der Waals surface area contributed by atoms with Crippen molar-refractivity contribution in [1.82, 2.24) is 15.2 Å². The maximum Gasteiger partial charge on any atom is 0.326 e. The molecule has 11 nitrogen and oxygen atoms in total. The predicted molar refractivity (Wildman–Crippen MR) is 227 cm³/mol. The van der Waals surface area contributed by atoms with Crippen molar-refractivity contribution in [2.24, 2.45) is 0 Å². The molecule has 0 saturated heterocycles. The van der Waals surface area contributed by atoms with Crippen molar-refractivity contribution in [3.05, 3.63) is 177 Å². The molecule has 0 fully saturated rings. The van der Waals surface area contributed by atoms with Gasteiger partial charge in [0.15, 0.2) is 0 Å². The lowest BCUT2D eigenvalue weighted by Crippen LogP contribution is -2.54. The summed E-state index contributed by atoms with van der Waals surface area (Å²) in [6, 6.07) is 36.6. The molecule has 3 N–H and O–H groups in total. The van der Waals surface area contributed by atoms with E-state index in [1.54, 1.807) is 54.7 Å². The number of carbonyl (C=O) groups is 3. The molecule has 2 amide bonds. The first-order chi connectivity index (χ1) is 29.1. The highest BCUT2D eigenvalue weighted by atomic mass is 35.5. The number of nitrogens with zero attached hydrogens (tertiary/aromatic N) is 3. The number of fused-ring (bicyclic) bond motifs is 2. The van der Waals surface area contributed by atoms with Crippen molar-refractivity contribution < 1.29 is 29.0 Å². The van der Waals surface area contributed by atoms with Crippen LogP contribution in [0.4, 0.5) is 5.69 Å². The molecular formula is C47H37Cl2N5O6. The zero-order chi connectivity index (χ0) is 41.8. The van der Waals surface area contributed by atoms with Crippen LogP contribution in [0.25, 0.3) is 11.1 Å². The van der Waals surface area contributed by atoms with Gasteiger partial charge < -0.3 is 25.2 Å². The van der Waals surface area contributed by atoms with Crippen LogP contribution in [-0.4, -0.2) is 44.9 Å². The van der Waals surface area contributed by atoms with Gasteiger partial charge in [0.1, 0.15) is 24.1 Å². The van der Waals surface area contributed by atoms with Crippen LogP contribution in [0.3, 0.4) is 0 Å². The van der Waals surface area contributed by atoms with E-state index in [1.165, 1.54) is 0 Å². The molecule has 1 unspecified atom stereocenters. The first kappa shape index (κ1) is 40.1. The van der Waals surface area contributed by atoms with Crippen LogP contribution in [0, 0.1) is 11.3 Å². The molecule has 3 atom stereocenters. The fourth-order valence-electron chi connectivity index (χ4n) is 7.40. The standard InChI is InChI=1S/C47H37Cl2N5O6/c48-38-17-8-30(19-39(38)49)27-59-37-15-13-33(14-16-37)44-46(56)52-40-21-34-22-42(54(25-35(34)23-43(40)60-44)26-36-3-1-2-18-51-36)45(55)53-41(47(57)58)20-28-4-9-31(10-5-28)32-11-6-29(24-50)7-12-32/h1-19,21,23,41-42,44H,20,22,25-27H2,(H,52,56)(H,53,55)(H,57,58)/t41-,42?,44-/m0/s1. The normalized spacial score (nSPS) is 16.2. The number of hydrogen-bond acceptors (Lipinski definition) is 8. The van der Waals surface area contributed by atoms with Crippen molar-refractivity contribution in [2.45, 2.75) is 50.7 Å². The third-order valence-corrected chi connectivity index (χ3v) is 11.3. The summed E-state index contributed by atoms with van der Waals surface area (Å²) in [6.07, 6.45) is 1.11. The number of halogens is 2. The van der Waals surface area contributed by atoms with E-state index in [4.69, 9.17) is 37.9 Å². The molecule has 0 aliphatic carbocycles. The number of aromatic nitrogens is 1.